The second-order valence-electron chi connectivity index (χ2n) is 6.52. The smallest absolute Gasteiger partial charge is 0.417 e. The molecule has 0 aliphatic carbocycles. The molecule has 4 rings (SSSR count). The van der Waals surface area contributed by atoms with Gasteiger partial charge in [-0.2, -0.15) is 13.2 Å². The van der Waals surface area contributed by atoms with Crippen molar-refractivity contribution in [2.75, 3.05) is 5.32 Å². The van der Waals surface area contributed by atoms with E-state index in [-0.39, 0.29) is 22.9 Å². The van der Waals surface area contributed by atoms with E-state index in [2.05, 4.69) is 5.32 Å². The fourth-order valence-electron chi connectivity index (χ4n) is 3.31. The van der Waals surface area contributed by atoms with E-state index in [9.17, 15) is 27.2 Å². The van der Waals surface area contributed by atoms with Crippen LogP contribution in [0.15, 0.2) is 41.0 Å². The van der Waals surface area contributed by atoms with Gasteiger partial charge >= 0.3 is 6.18 Å². The first kappa shape index (κ1) is 20.3. The minimum Gasteiger partial charge on any atom is -0.461 e. The molecular formula is C20H13F4NO4S. The predicted octanol–water partition coefficient (Wildman–Crippen LogP) is 5.57. The van der Waals surface area contributed by atoms with Gasteiger partial charge in [-0.3, -0.25) is 9.59 Å². The third-order valence-electron chi connectivity index (χ3n) is 4.64. The van der Waals surface area contributed by atoms with Crippen molar-refractivity contribution in [1.82, 2.24) is 0 Å². The summed E-state index contributed by atoms with van der Waals surface area (Å²) < 4.78 is 64.7. The monoisotopic (exact) mass is 439 g/mol. The molecule has 3 heterocycles. The van der Waals surface area contributed by atoms with Crippen LogP contribution in [0.3, 0.4) is 0 Å². The van der Waals surface area contributed by atoms with Crippen molar-refractivity contribution in [3.05, 3.63) is 75.3 Å². The van der Waals surface area contributed by atoms with Gasteiger partial charge in [-0.1, -0.05) is 6.07 Å². The van der Waals surface area contributed by atoms with E-state index in [1.807, 2.05) is 0 Å². The quantitative estimate of drug-likeness (QED) is 0.426. The van der Waals surface area contributed by atoms with Crippen LogP contribution in [-0.4, -0.2) is 11.7 Å². The summed E-state index contributed by atoms with van der Waals surface area (Å²) in [5.74, 6) is -3.19. The molecular weight excluding hydrogens is 426 g/mol. The number of rotatable bonds is 4. The molecule has 0 radical (unpaired) electrons. The number of carbonyl (C=O) groups is 2. The van der Waals surface area contributed by atoms with E-state index in [1.165, 1.54) is 18.4 Å². The zero-order valence-corrected chi connectivity index (χ0v) is 16.1. The van der Waals surface area contributed by atoms with Gasteiger partial charge in [-0.15, -0.1) is 11.3 Å². The first-order chi connectivity index (χ1) is 14.2. The fraction of sp³-hybridized carbons (Fsp3) is 0.200. The van der Waals surface area contributed by atoms with Gasteiger partial charge < -0.3 is 14.5 Å². The maximum Gasteiger partial charge on any atom is 0.417 e. The van der Waals surface area contributed by atoms with Crippen LogP contribution in [0.5, 0.6) is 0 Å². The Morgan fingerprint density at radius 2 is 1.93 bits per heavy atom. The average molecular weight is 439 g/mol. The highest BCUT2D eigenvalue weighted by atomic mass is 32.1. The van der Waals surface area contributed by atoms with Gasteiger partial charge in [0.1, 0.15) is 10.8 Å². The van der Waals surface area contributed by atoms with Crippen molar-refractivity contribution in [3.63, 3.8) is 0 Å². The molecule has 0 spiro atoms. The zero-order chi connectivity index (χ0) is 21.6. The van der Waals surface area contributed by atoms with Crippen molar-refractivity contribution >= 4 is 28.0 Å². The number of hydrogen-bond acceptors (Lipinski definition) is 5. The number of ether oxygens (including phenoxy) is 1. The largest absolute Gasteiger partial charge is 0.461 e. The molecule has 1 amide bonds. The Morgan fingerprint density at radius 1 is 1.17 bits per heavy atom. The summed E-state index contributed by atoms with van der Waals surface area (Å²) >= 11 is 0.997. The van der Waals surface area contributed by atoms with Gasteiger partial charge in [0.2, 0.25) is 5.78 Å². The number of carbonyl (C=O) groups excluding carboxylic acids is 2. The summed E-state index contributed by atoms with van der Waals surface area (Å²) in [6, 6.07) is 5.20. The zero-order valence-electron chi connectivity index (χ0n) is 15.3. The van der Waals surface area contributed by atoms with Crippen LogP contribution in [0, 0.1) is 5.82 Å². The first-order valence-electron chi connectivity index (χ1n) is 8.71. The Bertz CT molecular complexity index is 1130. The molecule has 30 heavy (non-hydrogen) atoms. The summed E-state index contributed by atoms with van der Waals surface area (Å²) in [4.78, 5) is 26.3. The summed E-state index contributed by atoms with van der Waals surface area (Å²) in [5, 5.41) is 2.31. The lowest BCUT2D eigenvalue weighted by Gasteiger charge is -2.14. The van der Waals surface area contributed by atoms with Crippen molar-refractivity contribution in [1.29, 1.82) is 0 Å². The molecule has 0 fully saturated rings. The minimum absolute atomic E-state index is 0.00734. The molecule has 1 N–H and O–H groups in total. The van der Waals surface area contributed by atoms with Crippen molar-refractivity contribution in [3.8, 4) is 0 Å². The van der Waals surface area contributed by atoms with E-state index in [4.69, 9.17) is 9.15 Å². The molecule has 0 bridgehead atoms. The van der Waals surface area contributed by atoms with Crippen molar-refractivity contribution < 1.29 is 36.3 Å². The molecule has 1 aliphatic rings. The summed E-state index contributed by atoms with van der Waals surface area (Å²) in [6.07, 6.45) is -4.09. The summed E-state index contributed by atoms with van der Waals surface area (Å²) in [5.41, 5.74) is -1.95. The lowest BCUT2D eigenvalue weighted by Crippen LogP contribution is -2.21. The third kappa shape index (κ3) is 3.41. The van der Waals surface area contributed by atoms with Crippen LogP contribution in [0.25, 0.3) is 0 Å². The number of thiophene rings is 1. The molecule has 156 valence electrons. The predicted molar refractivity (Wildman–Crippen MR) is 99.0 cm³/mol. The fourth-order valence-corrected chi connectivity index (χ4v) is 4.51. The average Bonchev–Trinajstić information content (AvgIpc) is 3.39. The number of anilines is 1. The number of alkyl halides is 3. The lowest BCUT2D eigenvalue weighted by atomic mass is 10.0. The Balaban J connectivity index is 1.78. The normalized spacial score (nSPS) is 15.8. The highest BCUT2D eigenvalue weighted by Crippen LogP contribution is 2.45. The molecule has 10 heteroatoms. The maximum absolute atomic E-state index is 14.2. The maximum atomic E-state index is 14.2. The van der Waals surface area contributed by atoms with Gasteiger partial charge in [-0.25, -0.2) is 4.39 Å². The van der Waals surface area contributed by atoms with Gasteiger partial charge in [0.05, 0.1) is 35.7 Å². The van der Waals surface area contributed by atoms with E-state index in [0.717, 1.165) is 23.5 Å². The molecule has 3 aromatic rings. The number of halogens is 4. The molecule has 1 aromatic carbocycles. The van der Waals surface area contributed by atoms with Crippen molar-refractivity contribution in [2.45, 2.75) is 25.8 Å². The Hall–Kier alpha value is -2.98. The van der Waals surface area contributed by atoms with Crippen LogP contribution in [-0.2, 0) is 17.5 Å². The first-order valence-corrected chi connectivity index (χ1v) is 9.52. The highest BCUT2D eigenvalue weighted by molar-refractivity contribution is 7.17. The third-order valence-corrected chi connectivity index (χ3v) is 5.73. The number of hydrogen-bond donors (Lipinski definition) is 1. The Labute approximate surface area is 171 Å². The number of nitrogens with one attached hydrogen (secondary N) is 1. The molecule has 0 saturated heterocycles. The van der Waals surface area contributed by atoms with Gasteiger partial charge in [0.25, 0.3) is 5.91 Å². The van der Waals surface area contributed by atoms with E-state index in [0.29, 0.717) is 16.5 Å². The van der Waals surface area contributed by atoms with Gasteiger partial charge in [-0.05, 0) is 31.2 Å². The van der Waals surface area contributed by atoms with E-state index in [1.54, 1.807) is 6.92 Å². The molecule has 1 aliphatic heterocycles. The second-order valence-corrected chi connectivity index (χ2v) is 7.62. The second kappa shape index (κ2) is 7.37. The minimum atomic E-state index is -4.93. The lowest BCUT2D eigenvalue weighted by molar-refractivity contribution is -0.138. The van der Waals surface area contributed by atoms with Crippen molar-refractivity contribution in [2.24, 2.45) is 0 Å². The topological polar surface area (TPSA) is 68.5 Å². The number of ketones is 1. The highest BCUT2D eigenvalue weighted by Gasteiger charge is 2.38. The molecule has 1 unspecified atom stereocenters. The molecule has 5 nitrogen and oxygen atoms in total. The molecule has 2 aromatic heterocycles. The van der Waals surface area contributed by atoms with Gasteiger partial charge in [0.15, 0.2) is 5.76 Å². The number of furan rings is 1. The van der Waals surface area contributed by atoms with Gasteiger partial charge in [0, 0.05) is 10.4 Å². The standard InChI is InChI=1S/C20H13F4NO4S/c1-9-14-13(8-29-9)30-19(16(14)17(26)12-6-3-7-28-12)25-18(27)15-10(20(22,23)24)4-2-5-11(15)21/h2-7,9H,8H2,1H3,(H,25,27). The number of benzene rings is 1. The van der Waals surface area contributed by atoms with E-state index < -0.39 is 40.9 Å². The summed E-state index contributed by atoms with van der Waals surface area (Å²) in [7, 11) is 0. The number of fused-ring (bicyclic) bond motifs is 1. The van der Waals surface area contributed by atoms with Crippen LogP contribution in [0.1, 0.15) is 55.5 Å². The Kier molecular flexibility index (Phi) is 4.99. The van der Waals surface area contributed by atoms with E-state index >= 15 is 0 Å². The number of amides is 1. The summed E-state index contributed by atoms with van der Waals surface area (Å²) in [6.45, 7) is 1.89. The SMILES string of the molecule is CC1OCc2sc(NC(=O)c3c(F)cccc3C(F)(F)F)c(C(=O)c3ccco3)c21. The van der Waals surface area contributed by atoms with Crippen LogP contribution in [0.2, 0.25) is 0 Å². The van der Waals surface area contributed by atoms with Crippen LogP contribution >= 0.6 is 11.3 Å². The Morgan fingerprint density at radius 3 is 2.60 bits per heavy atom. The van der Waals surface area contributed by atoms with Crippen LogP contribution < -0.4 is 5.32 Å². The molecule has 0 saturated carbocycles. The molecule has 1 atom stereocenters. The van der Waals surface area contributed by atoms with Crippen LogP contribution in [0.4, 0.5) is 22.6 Å².